The van der Waals surface area contributed by atoms with E-state index in [9.17, 15) is 27.2 Å². The minimum absolute atomic E-state index is 0.337. The first-order valence-corrected chi connectivity index (χ1v) is 6.27. The highest BCUT2D eigenvalue weighted by Crippen LogP contribution is 2.34. The predicted octanol–water partition coefficient (Wildman–Crippen LogP) is 2.86. The summed E-state index contributed by atoms with van der Waals surface area (Å²) in [5.41, 5.74) is -0.452. The Hall–Kier alpha value is -2.03. The van der Waals surface area contributed by atoms with E-state index in [2.05, 4.69) is 0 Å². The largest absolute Gasteiger partial charge is 0.481 e. The van der Waals surface area contributed by atoms with E-state index in [1.54, 1.807) is 5.32 Å². The van der Waals surface area contributed by atoms with Gasteiger partial charge in [-0.25, -0.2) is 9.18 Å². The van der Waals surface area contributed by atoms with Crippen LogP contribution in [-0.2, 0) is 4.79 Å². The van der Waals surface area contributed by atoms with Crippen LogP contribution < -0.4 is 10.6 Å². The van der Waals surface area contributed by atoms with Crippen molar-refractivity contribution in [1.29, 1.82) is 0 Å². The lowest BCUT2D eigenvalue weighted by atomic mass is 10.1. The molecule has 1 rings (SSSR count). The number of carboxylic acid groups (broad SMARTS) is 1. The molecule has 0 spiro atoms. The molecule has 0 fully saturated rings. The van der Waals surface area contributed by atoms with Crippen molar-refractivity contribution < 1.29 is 32.3 Å². The molecule has 1 aromatic rings. The first-order chi connectivity index (χ1) is 10.1. The molecule has 2 amide bonds. The molecule has 3 N–H and O–H groups in total. The van der Waals surface area contributed by atoms with Crippen LogP contribution >= 0.6 is 11.6 Å². The average Bonchev–Trinajstić information content (AvgIpc) is 2.37. The first-order valence-electron chi connectivity index (χ1n) is 5.89. The summed E-state index contributed by atoms with van der Waals surface area (Å²) in [6.45, 7) is -0.337. The van der Waals surface area contributed by atoms with E-state index in [1.165, 1.54) is 0 Å². The van der Waals surface area contributed by atoms with E-state index in [0.717, 1.165) is 18.2 Å². The lowest BCUT2D eigenvalue weighted by Crippen LogP contribution is -2.44. The quantitative estimate of drug-likeness (QED) is 0.720. The van der Waals surface area contributed by atoms with Crippen molar-refractivity contribution in [3.8, 4) is 0 Å². The Labute approximate surface area is 127 Å². The fourth-order valence-corrected chi connectivity index (χ4v) is 1.70. The summed E-state index contributed by atoms with van der Waals surface area (Å²) in [7, 11) is 0. The third-order valence-corrected chi connectivity index (χ3v) is 2.79. The Morgan fingerprint density at radius 2 is 1.95 bits per heavy atom. The molecule has 0 aliphatic rings. The maximum absolute atomic E-state index is 13.0. The van der Waals surface area contributed by atoms with Crippen LogP contribution in [0.2, 0.25) is 5.02 Å². The van der Waals surface area contributed by atoms with Gasteiger partial charge in [0, 0.05) is 6.54 Å². The molecule has 122 valence electrons. The highest BCUT2D eigenvalue weighted by Gasteiger charge is 2.42. The van der Waals surface area contributed by atoms with E-state index in [1.807, 2.05) is 5.32 Å². The molecule has 0 saturated heterocycles. The van der Waals surface area contributed by atoms with Gasteiger partial charge in [-0.05, 0) is 17.7 Å². The summed E-state index contributed by atoms with van der Waals surface area (Å²) in [5, 5.41) is 11.5. The predicted molar refractivity (Wildman–Crippen MR) is 69.0 cm³/mol. The number of hydrogen-bond donors (Lipinski definition) is 3. The lowest BCUT2D eigenvalue weighted by molar-refractivity contribution is -0.155. The summed E-state index contributed by atoms with van der Waals surface area (Å²) in [6.07, 6.45) is -5.28. The summed E-state index contributed by atoms with van der Waals surface area (Å²) in [4.78, 5) is 21.6. The summed E-state index contributed by atoms with van der Waals surface area (Å²) >= 11 is 5.43. The van der Waals surface area contributed by atoms with E-state index in [0.29, 0.717) is 0 Å². The zero-order chi connectivity index (χ0) is 16.9. The van der Waals surface area contributed by atoms with Crippen molar-refractivity contribution in [2.45, 2.75) is 18.6 Å². The molecule has 0 heterocycles. The zero-order valence-electron chi connectivity index (χ0n) is 10.9. The SMILES string of the molecule is O=C(O)CCNC(=O)NC(c1ccc(F)c(Cl)c1)C(F)(F)F. The topological polar surface area (TPSA) is 78.4 Å². The summed E-state index contributed by atoms with van der Waals surface area (Å²) < 4.78 is 51.9. The minimum Gasteiger partial charge on any atom is -0.481 e. The standard InChI is InChI=1S/C12H11ClF4N2O3/c13-7-5-6(1-2-8(7)14)10(12(15,16)17)19-11(22)18-4-3-9(20)21/h1-2,5,10H,3-4H2,(H,20,21)(H2,18,19,22). The Morgan fingerprint density at radius 3 is 2.45 bits per heavy atom. The van der Waals surface area contributed by atoms with Crippen LogP contribution in [0.25, 0.3) is 0 Å². The van der Waals surface area contributed by atoms with Crippen molar-refractivity contribution in [1.82, 2.24) is 10.6 Å². The molecular weight excluding hydrogens is 332 g/mol. The Morgan fingerprint density at radius 1 is 1.32 bits per heavy atom. The molecule has 10 heteroatoms. The third-order valence-electron chi connectivity index (χ3n) is 2.50. The number of nitrogens with one attached hydrogen (secondary N) is 2. The van der Waals surface area contributed by atoms with E-state index in [4.69, 9.17) is 16.7 Å². The van der Waals surface area contributed by atoms with Gasteiger partial charge in [0.2, 0.25) is 0 Å². The zero-order valence-corrected chi connectivity index (χ0v) is 11.6. The van der Waals surface area contributed by atoms with Crippen LogP contribution in [0.1, 0.15) is 18.0 Å². The number of carbonyl (C=O) groups excluding carboxylic acids is 1. The Bertz CT molecular complexity index is 566. The number of carbonyl (C=O) groups is 2. The Kier molecular flexibility index (Phi) is 5.98. The average molecular weight is 343 g/mol. The summed E-state index contributed by atoms with van der Waals surface area (Å²) in [5.74, 6) is -2.10. The normalized spacial score (nSPS) is 12.6. The molecule has 1 atom stereocenters. The number of halogens is 5. The lowest BCUT2D eigenvalue weighted by Gasteiger charge is -2.22. The fourth-order valence-electron chi connectivity index (χ4n) is 1.51. The van der Waals surface area contributed by atoms with Crippen molar-refractivity contribution >= 4 is 23.6 Å². The smallest absolute Gasteiger partial charge is 0.412 e. The maximum atomic E-state index is 13.0. The van der Waals surface area contributed by atoms with Crippen molar-refractivity contribution in [2.75, 3.05) is 6.54 Å². The van der Waals surface area contributed by atoms with Crippen LogP contribution in [0, 0.1) is 5.82 Å². The third kappa shape index (κ3) is 5.40. The van der Waals surface area contributed by atoms with Crippen molar-refractivity contribution in [3.63, 3.8) is 0 Å². The number of amides is 2. The van der Waals surface area contributed by atoms with Gasteiger partial charge in [0.05, 0.1) is 11.4 Å². The van der Waals surface area contributed by atoms with E-state index in [-0.39, 0.29) is 6.54 Å². The number of benzene rings is 1. The minimum atomic E-state index is -4.84. The number of aliphatic carboxylic acids is 1. The van der Waals surface area contributed by atoms with Gasteiger partial charge < -0.3 is 15.7 Å². The number of rotatable bonds is 5. The molecular formula is C12H11ClF4N2O3. The molecule has 0 aliphatic heterocycles. The van der Waals surface area contributed by atoms with Crippen LogP contribution in [0.3, 0.4) is 0 Å². The van der Waals surface area contributed by atoms with Crippen LogP contribution in [0.4, 0.5) is 22.4 Å². The first kappa shape index (κ1) is 18.0. The second kappa shape index (κ2) is 7.30. The molecule has 0 aromatic heterocycles. The Balaban J connectivity index is 2.83. The number of alkyl halides is 3. The highest BCUT2D eigenvalue weighted by atomic mass is 35.5. The van der Waals surface area contributed by atoms with Gasteiger partial charge in [-0.3, -0.25) is 4.79 Å². The van der Waals surface area contributed by atoms with Gasteiger partial charge >= 0.3 is 18.2 Å². The van der Waals surface area contributed by atoms with Crippen LogP contribution in [0.15, 0.2) is 18.2 Å². The fraction of sp³-hybridized carbons (Fsp3) is 0.333. The number of urea groups is 1. The van der Waals surface area contributed by atoms with Gasteiger partial charge in [-0.1, -0.05) is 17.7 Å². The van der Waals surface area contributed by atoms with Crippen LogP contribution in [0.5, 0.6) is 0 Å². The van der Waals surface area contributed by atoms with Gasteiger partial charge in [0.15, 0.2) is 6.04 Å². The van der Waals surface area contributed by atoms with Gasteiger partial charge in [-0.15, -0.1) is 0 Å². The van der Waals surface area contributed by atoms with Gasteiger partial charge in [-0.2, -0.15) is 13.2 Å². The van der Waals surface area contributed by atoms with Crippen LogP contribution in [-0.4, -0.2) is 29.8 Å². The molecule has 22 heavy (non-hydrogen) atoms. The molecule has 0 bridgehead atoms. The monoisotopic (exact) mass is 342 g/mol. The van der Waals surface area contributed by atoms with E-state index < -0.39 is 47.0 Å². The molecule has 1 unspecified atom stereocenters. The molecule has 0 saturated carbocycles. The van der Waals surface area contributed by atoms with Gasteiger partial charge in [0.1, 0.15) is 5.82 Å². The van der Waals surface area contributed by atoms with Gasteiger partial charge in [0.25, 0.3) is 0 Å². The second-order valence-corrected chi connectivity index (χ2v) is 4.60. The maximum Gasteiger partial charge on any atom is 0.412 e. The molecule has 1 aromatic carbocycles. The van der Waals surface area contributed by atoms with Crippen molar-refractivity contribution in [2.24, 2.45) is 0 Å². The van der Waals surface area contributed by atoms with Crippen molar-refractivity contribution in [3.05, 3.63) is 34.6 Å². The second-order valence-electron chi connectivity index (χ2n) is 4.19. The molecule has 0 radical (unpaired) electrons. The molecule has 0 aliphatic carbocycles. The summed E-state index contributed by atoms with van der Waals surface area (Å²) in [6, 6.07) is -1.26. The van der Waals surface area contributed by atoms with E-state index >= 15 is 0 Å². The number of carboxylic acids is 1. The number of hydrogen-bond acceptors (Lipinski definition) is 2. The highest BCUT2D eigenvalue weighted by molar-refractivity contribution is 6.30. The molecule has 5 nitrogen and oxygen atoms in total.